The van der Waals surface area contributed by atoms with E-state index in [1.807, 2.05) is 6.07 Å². The number of fused-ring (bicyclic) bond motifs is 1. The Morgan fingerprint density at radius 1 is 0.871 bits per heavy atom. The minimum atomic E-state index is -4.03. The summed E-state index contributed by atoms with van der Waals surface area (Å²) in [6.45, 7) is 0. The van der Waals surface area contributed by atoms with Crippen LogP contribution in [0.25, 0.3) is 10.9 Å². The average Bonchev–Trinajstić information content (AvgIpc) is 3.21. The van der Waals surface area contributed by atoms with Crippen LogP contribution in [0.4, 0.5) is 0 Å². The van der Waals surface area contributed by atoms with E-state index in [1.165, 1.54) is 49.6 Å². The van der Waals surface area contributed by atoms with E-state index in [-0.39, 0.29) is 10.6 Å². The zero-order valence-corrected chi connectivity index (χ0v) is 18.2. The van der Waals surface area contributed by atoms with E-state index in [9.17, 15) is 13.5 Å². The third-order valence-electron chi connectivity index (χ3n) is 5.45. The lowest BCUT2D eigenvalue weighted by atomic mass is 9.92. The Labute approximate surface area is 180 Å². The van der Waals surface area contributed by atoms with Gasteiger partial charge in [0.2, 0.25) is 5.79 Å². The number of aliphatic hydroxyl groups is 1. The van der Waals surface area contributed by atoms with Crippen LogP contribution < -0.4 is 4.74 Å². The molecule has 162 valence electrons. The van der Waals surface area contributed by atoms with Crippen LogP contribution in [0.15, 0.2) is 83.8 Å². The fraction of sp³-hybridized carbons (Fsp3) is 0.217. The first-order chi connectivity index (χ1) is 14.8. The van der Waals surface area contributed by atoms with Crippen molar-refractivity contribution >= 4 is 20.9 Å². The van der Waals surface area contributed by atoms with Gasteiger partial charge in [0.1, 0.15) is 11.4 Å². The molecule has 2 aromatic carbocycles. The maximum Gasteiger partial charge on any atom is 0.268 e. The molecule has 1 N–H and O–H groups in total. The Morgan fingerprint density at radius 3 is 2.06 bits per heavy atom. The molecule has 0 amide bonds. The lowest BCUT2D eigenvalue weighted by Crippen LogP contribution is -2.36. The number of para-hydroxylation sites is 1. The van der Waals surface area contributed by atoms with Crippen LogP contribution in [-0.2, 0) is 25.1 Å². The largest absolute Gasteiger partial charge is 0.497 e. The van der Waals surface area contributed by atoms with Gasteiger partial charge in [0.15, 0.2) is 0 Å². The van der Waals surface area contributed by atoms with Crippen LogP contribution in [0, 0.1) is 0 Å². The van der Waals surface area contributed by atoms with Crippen molar-refractivity contribution in [2.24, 2.45) is 0 Å². The Balaban J connectivity index is 1.93. The first-order valence-electron chi connectivity index (χ1n) is 9.53. The van der Waals surface area contributed by atoms with Crippen molar-refractivity contribution in [2.45, 2.75) is 16.3 Å². The van der Waals surface area contributed by atoms with Gasteiger partial charge in [0.25, 0.3) is 10.0 Å². The molecule has 1 aliphatic carbocycles. The molecule has 0 atom stereocenters. The molecule has 4 rings (SSSR count). The molecular weight excluding hydrogens is 418 g/mol. The summed E-state index contributed by atoms with van der Waals surface area (Å²) < 4.78 is 44.4. The number of rotatable bonds is 6. The zero-order chi connectivity index (χ0) is 22.3. The molecule has 1 aliphatic rings. The number of hydrogen-bond acceptors (Lipinski definition) is 6. The summed E-state index contributed by atoms with van der Waals surface area (Å²) in [6.07, 6.45) is 6.03. The number of aromatic nitrogens is 1. The maximum atomic E-state index is 13.7. The summed E-state index contributed by atoms with van der Waals surface area (Å²) in [6, 6.07) is 14.8. The van der Waals surface area contributed by atoms with E-state index < -0.39 is 21.4 Å². The first kappa shape index (κ1) is 21.3. The smallest absolute Gasteiger partial charge is 0.268 e. The number of ether oxygens (including phenoxy) is 3. The van der Waals surface area contributed by atoms with Gasteiger partial charge in [-0.05, 0) is 60.7 Å². The van der Waals surface area contributed by atoms with Gasteiger partial charge in [0.05, 0.1) is 23.2 Å². The molecule has 3 aromatic rings. The Morgan fingerprint density at radius 2 is 1.48 bits per heavy atom. The van der Waals surface area contributed by atoms with Crippen molar-refractivity contribution < 1.29 is 27.7 Å². The van der Waals surface area contributed by atoms with Gasteiger partial charge in [-0.2, -0.15) is 0 Å². The lowest BCUT2D eigenvalue weighted by Gasteiger charge is -2.32. The molecule has 31 heavy (non-hydrogen) atoms. The van der Waals surface area contributed by atoms with E-state index >= 15 is 0 Å². The van der Waals surface area contributed by atoms with Gasteiger partial charge in [0, 0.05) is 19.6 Å². The Kier molecular flexibility index (Phi) is 5.26. The van der Waals surface area contributed by atoms with Crippen molar-refractivity contribution in [2.75, 3.05) is 21.3 Å². The molecule has 1 aromatic heterocycles. The highest BCUT2D eigenvalue weighted by Crippen LogP contribution is 2.37. The summed E-state index contributed by atoms with van der Waals surface area (Å²) >= 11 is 0. The van der Waals surface area contributed by atoms with Gasteiger partial charge in [-0.1, -0.05) is 18.2 Å². The van der Waals surface area contributed by atoms with E-state index in [0.717, 1.165) is 0 Å². The summed E-state index contributed by atoms with van der Waals surface area (Å²) in [7, 11) is 0.438. The van der Waals surface area contributed by atoms with Crippen LogP contribution in [0.2, 0.25) is 0 Å². The van der Waals surface area contributed by atoms with Crippen molar-refractivity contribution in [3.8, 4) is 5.75 Å². The third kappa shape index (κ3) is 3.47. The molecule has 7 nitrogen and oxygen atoms in total. The highest BCUT2D eigenvalue weighted by molar-refractivity contribution is 7.90. The van der Waals surface area contributed by atoms with Crippen LogP contribution in [0.5, 0.6) is 5.75 Å². The van der Waals surface area contributed by atoms with Crippen molar-refractivity contribution in [1.82, 2.24) is 3.97 Å². The quantitative estimate of drug-likeness (QED) is 0.467. The van der Waals surface area contributed by atoms with E-state index in [2.05, 4.69) is 0 Å². The summed E-state index contributed by atoms with van der Waals surface area (Å²) in [5, 5.41) is 12.1. The SMILES string of the molecule is COc1ccc(S(=O)(=O)n2c(C3(O)C=CC(OC)(OC)C=C3)cc3ccccc32)cc1. The molecular formula is C23H23NO6S. The average molecular weight is 442 g/mol. The van der Waals surface area contributed by atoms with Crippen LogP contribution in [0.3, 0.4) is 0 Å². The van der Waals surface area contributed by atoms with Gasteiger partial charge in [-0.15, -0.1) is 0 Å². The number of benzene rings is 2. The van der Waals surface area contributed by atoms with Crippen LogP contribution in [-0.4, -0.2) is 44.6 Å². The summed E-state index contributed by atoms with van der Waals surface area (Å²) in [5.74, 6) is -0.582. The molecule has 0 fully saturated rings. The summed E-state index contributed by atoms with van der Waals surface area (Å²) in [5.41, 5.74) is -1.06. The molecule has 0 aliphatic heterocycles. The highest BCUT2D eigenvalue weighted by atomic mass is 32.2. The monoisotopic (exact) mass is 441 g/mol. The van der Waals surface area contributed by atoms with Crippen molar-refractivity contribution in [3.05, 3.63) is 84.6 Å². The van der Waals surface area contributed by atoms with Gasteiger partial charge in [-0.25, -0.2) is 12.4 Å². The topological polar surface area (TPSA) is 87.0 Å². The fourth-order valence-corrected chi connectivity index (χ4v) is 5.22. The molecule has 0 unspecified atom stereocenters. The number of nitrogens with zero attached hydrogens (tertiary/aromatic N) is 1. The molecule has 0 saturated heterocycles. The Bertz CT molecular complexity index is 1250. The molecule has 0 saturated carbocycles. The lowest BCUT2D eigenvalue weighted by molar-refractivity contribution is -0.136. The molecule has 0 bridgehead atoms. The molecule has 0 radical (unpaired) electrons. The third-order valence-corrected chi connectivity index (χ3v) is 7.19. The molecule has 1 heterocycles. The highest BCUT2D eigenvalue weighted by Gasteiger charge is 2.38. The maximum absolute atomic E-state index is 13.7. The minimum absolute atomic E-state index is 0.0754. The minimum Gasteiger partial charge on any atom is -0.497 e. The fourth-order valence-electron chi connectivity index (χ4n) is 3.64. The van der Waals surface area contributed by atoms with Gasteiger partial charge < -0.3 is 19.3 Å². The van der Waals surface area contributed by atoms with Gasteiger partial charge in [-0.3, -0.25) is 0 Å². The first-order valence-corrected chi connectivity index (χ1v) is 11.0. The second-order valence-electron chi connectivity index (χ2n) is 7.16. The predicted molar refractivity (Wildman–Crippen MR) is 116 cm³/mol. The zero-order valence-electron chi connectivity index (χ0n) is 17.3. The van der Waals surface area contributed by atoms with Crippen LogP contribution in [0.1, 0.15) is 5.69 Å². The van der Waals surface area contributed by atoms with E-state index in [0.29, 0.717) is 16.7 Å². The predicted octanol–water partition coefficient (Wildman–Crippen LogP) is 3.19. The molecule has 8 heteroatoms. The number of methoxy groups -OCH3 is 3. The van der Waals surface area contributed by atoms with E-state index in [1.54, 1.807) is 48.6 Å². The normalized spacial score (nSPS) is 17.2. The van der Waals surface area contributed by atoms with E-state index in [4.69, 9.17) is 14.2 Å². The van der Waals surface area contributed by atoms with Crippen LogP contribution >= 0.6 is 0 Å². The second kappa shape index (κ2) is 7.65. The van der Waals surface area contributed by atoms with Gasteiger partial charge >= 0.3 is 0 Å². The number of hydrogen-bond donors (Lipinski definition) is 1. The van der Waals surface area contributed by atoms with Crippen molar-refractivity contribution in [1.29, 1.82) is 0 Å². The standard InChI is InChI=1S/C23H23NO6S/c1-28-18-8-10-19(11-9-18)31(26,27)24-20-7-5-4-6-17(20)16-21(24)22(25)12-14-23(29-2,30-3)15-13-22/h4-16,25H,1-3H3. The van der Waals surface area contributed by atoms with Crippen molar-refractivity contribution in [3.63, 3.8) is 0 Å². The summed E-state index contributed by atoms with van der Waals surface area (Å²) in [4.78, 5) is 0.0754. The Hall–Kier alpha value is -2.91. The molecule has 0 spiro atoms. The second-order valence-corrected chi connectivity index (χ2v) is 8.94.